The van der Waals surface area contributed by atoms with Crippen LogP contribution in [-0.4, -0.2) is 41.1 Å². The first kappa shape index (κ1) is 17.0. The van der Waals surface area contributed by atoms with Crippen molar-refractivity contribution in [2.45, 2.75) is 13.5 Å². The van der Waals surface area contributed by atoms with Crippen molar-refractivity contribution in [1.29, 1.82) is 0 Å². The van der Waals surface area contributed by atoms with E-state index < -0.39 is 0 Å². The predicted octanol–water partition coefficient (Wildman–Crippen LogP) is 3.01. The second kappa shape index (κ2) is 7.43. The van der Waals surface area contributed by atoms with Gasteiger partial charge in [0.15, 0.2) is 0 Å². The number of anilines is 2. The van der Waals surface area contributed by atoms with E-state index >= 15 is 0 Å². The number of nitrogens with one attached hydrogen (secondary N) is 2. The van der Waals surface area contributed by atoms with Crippen molar-refractivity contribution in [2.75, 3.05) is 36.4 Å². The quantitative estimate of drug-likeness (QED) is 0.738. The van der Waals surface area contributed by atoms with Crippen LogP contribution in [0.5, 0.6) is 0 Å². The van der Waals surface area contributed by atoms with Crippen molar-refractivity contribution in [1.82, 2.24) is 20.3 Å². The zero-order valence-electron chi connectivity index (χ0n) is 14.7. The molecule has 0 saturated carbocycles. The Morgan fingerprint density at radius 2 is 1.88 bits per heavy atom. The molecule has 0 radical (unpaired) electrons. The van der Waals surface area contributed by atoms with Gasteiger partial charge in [-0.1, -0.05) is 17.7 Å². The van der Waals surface area contributed by atoms with E-state index in [1.165, 1.54) is 0 Å². The van der Waals surface area contributed by atoms with Crippen LogP contribution in [0, 0.1) is 6.92 Å². The molecule has 6 nitrogen and oxygen atoms in total. The number of aromatic nitrogens is 3. The first-order chi connectivity index (χ1) is 12.7. The van der Waals surface area contributed by atoms with E-state index in [1.807, 2.05) is 19.2 Å². The van der Waals surface area contributed by atoms with E-state index in [4.69, 9.17) is 11.6 Å². The molecule has 0 aliphatic carbocycles. The SMILES string of the molecule is Cc1ncc(NCc2ccc3nccnc3c2)c(N2CCNCC2)c1Cl. The molecule has 0 amide bonds. The maximum Gasteiger partial charge on any atom is 0.0890 e. The highest BCUT2D eigenvalue weighted by Crippen LogP contribution is 2.35. The highest BCUT2D eigenvalue weighted by molar-refractivity contribution is 6.34. The third-order valence-electron chi connectivity index (χ3n) is 4.62. The number of rotatable bonds is 4. The largest absolute Gasteiger partial charge is 0.378 e. The van der Waals surface area contributed by atoms with Crippen LogP contribution in [-0.2, 0) is 6.54 Å². The maximum absolute atomic E-state index is 6.61. The number of nitrogens with zero attached hydrogens (tertiary/aromatic N) is 4. The van der Waals surface area contributed by atoms with Gasteiger partial charge in [-0.3, -0.25) is 15.0 Å². The Bertz CT molecular complexity index is 923. The van der Waals surface area contributed by atoms with Crippen LogP contribution < -0.4 is 15.5 Å². The van der Waals surface area contributed by atoms with Crippen LogP contribution in [0.15, 0.2) is 36.8 Å². The number of halogens is 1. The Hall–Kier alpha value is -2.44. The second-order valence-electron chi connectivity index (χ2n) is 6.39. The molecule has 0 spiro atoms. The lowest BCUT2D eigenvalue weighted by molar-refractivity contribution is 0.589. The molecule has 4 rings (SSSR count). The molecule has 7 heteroatoms. The van der Waals surface area contributed by atoms with Crippen molar-refractivity contribution >= 4 is 34.0 Å². The molecule has 1 aliphatic heterocycles. The van der Waals surface area contributed by atoms with Gasteiger partial charge >= 0.3 is 0 Å². The molecule has 0 atom stereocenters. The molecule has 134 valence electrons. The summed E-state index contributed by atoms with van der Waals surface area (Å²) >= 11 is 6.61. The average molecular weight is 369 g/mol. The van der Waals surface area contributed by atoms with E-state index in [1.54, 1.807) is 12.4 Å². The average Bonchev–Trinajstić information content (AvgIpc) is 2.69. The summed E-state index contributed by atoms with van der Waals surface area (Å²) in [5.74, 6) is 0. The molecule has 3 heterocycles. The highest BCUT2D eigenvalue weighted by Gasteiger charge is 2.19. The maximum atomic E-state index is 6.61. The lowest BCUT2D eigenvalue weighted by Gasteiger charge is -2.32. The molecule has 3 aromatic rings. The molecule has 1 aromatic carbocycles. The molecule has 2 N–H and O–H groups in total. The zero-order chi connectivity index (χ0) is 17.9. The normalized spacial score (nSPS) is 14.6. The van der Waals surface area contributed by atoms with Crippen LogP contribution in [0.1, 0.15) is 11.3 Å². The first-order valence-corrected chi connectivity index (χ1v) is 9.14. The summed E-state index contributed by atoms with van der Waals surface area (Å²) in [5, 5.41) is 7.61. The minimum Gasteiger partial charge on any atom is -0.378 e. The fourth-order valence-electron chi connectivity index (χ4n) is 3.21. The number of benzene rings is 1. The van der Waals surface area contributed by atoms with Crippen molar-refractivity contribution in [3.8, 4) is 0 Å². The number of hydrogen-bond acceptors (Lipinski definition) is 6. The number of hydrogen-bond donors (Lipinski definition) is 2. The van der Waals surface area contributed by atoms with Crippen LogP contribution in [0.4, 0.5) is 11.4 Å². The predicted molar refractivity (Wildman–Crippen MR) is 106 cm³/mol. The molecule has 1 aliphatic rings. The van der Waals surface area contributed by atoms with Crippen LogP contribution >= 0.6 is 11.6 Å². The number of piperazine rings is 1. The number of aryl methyl sites for hydroxylation is 1. The fourth-order valence-corrected chi connectivity index (χ4v) is 3.48. The van der Waals surface area contributed by atoms with Gasteiger partial charge in [0.25, 0.3) is 0 Å². The van der Waals surface area contributed by atoms with Gasteiger partial charge in [0.05, 0.1) is 39.3 Å². The molecule has 1 saturated heterocycles. The smallest absolute Gasteiger partial charge is 0.0890 e. The topological polar surface area (TPSA) is 66.0 Å². The van der Waals surface area contributed by atoms with E-state index in [0.29, 0.717) is 6.54 Å². The van der Waals surface area contributed by atoms with Crippen LogP contribution in [0.25, 0.3) is 11.0 Å². The summed E-state index contributed by atoms with van der Waals surface area (Å²) in [6, 6.07) is 6.12. The number of fused-ring (bicyclic) bond motifs is 1. The zero-order valence-corrected chi connectivity index (χ0v) is 15.4. The molecule has 26 heavy (non-hydrogen) atoms. The Labute approximate surface area is 157 Å². The van der Waals surface area contributed by atoms with Gasteiger partial charge < -0.3 is 15.5 Å². The highest BCUT2D eigenvalue weighted by atomic mass is 35.5. The van der Waals surface area contributed by atoms with Gasteiger partial charge in [0.2, 0.25) is 0 Å². The molecular weight excluding hydrogens is 348 g/mol. The third kappa shape index (κ3) is 3.43. The summed E-state index contributed by atoms with van der Waals surface area (Å²) in [5.41, 5.74) is 5.79. The fraction of sp³-hybridized carbons (Fsp3) is 0.316. The van der Waals surface area contributed by atoms with Gasteiger partial charge in [-0.05, 0) is 24.6 Å². The summed E-state index contributed by atoms with van der Waals surface area (Å²) in [6.45, 7) is 6.40. The van der Waals surface area contributed by atoms with Gasteiger partial charge in [-0.15, -0.1) is 0 Å². The Balaban J connectivity index is 1.59. The van der Waals surface area contributed by atoms with Gasteiger partial charge in [0.1, 0.15) is 0 Å². The first-order valence-electron chi connectivity index (χ1n) is 8.76. The van der Waals surface area contributed by atoms with Crippen LogP contribution in [0.3, 0.4) is 0 Å². The third-order valence-corrected chi connectivity index (χ3v) is 5.07. The second-order valence-corrected chi connectivity index (χ2v) is 6.77. The summed E-state index contributed by atoms with van der Waals surface area (Å²) < 4.78 is 0. The van der Waals surface area contributed by atoms with Crippen LogP contribution in [0.2, 0.25) is 5.02 Å². The summed E-state index contributed by atoms with van der Waals surface area (Å²) in [7, 11) is 0. The minimum absolute atomic E-state index is 0.673. The van der Waals surface area contributed by atoms with Gasteiger partial charge in [-0.2, -0.15) is 0 Å². The van der Waals surface area contributed by atoms with E-state index in [-0.39, 0.29) is 0 Å². The Morgan fingerprint density at radius 1 is 1.12 bits per heavy atom. The van der Waals surface area contributed by atoms with Crippen molar-refractivity contribution in [2.24, 2.45) is 0 Å². The monoisotopic (exact) mass is 368 g/mol. The molecule has 1 fully saturated rings. The minimum atomic E-state index is 0.673. The van der Waals surface area contributed by atoms with Crippen molar-refractivity contribution in [3.63, 3.8) is 0 Å². The Kier molecular flexibility index (Phi) is 4.86. The summed E-state index contributed by atoms with van der Waals surface area (Å²) in [4.78, 5) is 15.4. The van der Waals surface area contributed by atoms with Crippen molar-refractivity contribution < 1.29 is 0 Å². The lowest BCUT2D eigenvalue weighted by Crippen LogP contribution is -2.44. The molecule has 2 aromatic heterocycles. The van der Waals surface area contributed by atoms with E-state index in [0.717, 1.165) is 64.9 Å². The molecule has 0 unspecified atom stereocenters. The van der Waals surface area contributed by atoms with Crippen molar-refractivity contribution in [3.05, 3.63) is 53.1 Å². The summed E-state index contributed by atoms with van der Waals surface area (Å²) in [6.07, 6.45) is 5.30. The van der Waals surface area contributed by atoms with Gasteiger partial charge in [-0.25, -0.2) is 0 Å². The Morgan fingerprint density at radius 3 is 2.69 bits per heavy atom. The standard InChI is InChI=1S/C19H21ClN6/c1-13-18(20)19(26-8-6-21-7-9-26)17(12-24-13)25-11-14-2-3-15-16(10-14)23-5-4-22-15/h2-5,10,12,21,25H,6-9,11H2,1H3. The molecular formula is C19H21ClN6. The van der Waals surface area contributed by atoms with Gasteiger partial charge in [0, 0.05) is 45.1 Å². The van der Waals surface area contributed by atoms with E-state index in [9.17, 15) is 0 Å². The lowest BCUT2D eigenvalue weighted by atomic mass is 10.1. The number of pyridine rings is 1. The van der Waals surface area contributed by atoms with E-state index in [2.05, 4.69) is 42.6 Å². The molecule has 0 bridgehead atoms.